The zero-order chi connectivity index (χ0) is 16.4. The fourth-order valence-electron chi connectivity index (χ4n) is 2.25. The molecule has 0 amide bonds. The van der Waals surface area contributed by atoms with E-state index >= 15 is 0 Å². The molecule has 0 aromatic carbocycles. The van der Waals surface area contributed by atoms with Gasteiger partial charge in [0.25, 0.3) is 0 Å². The van der Waals surface area contributed by atoms with Crippen LogP contribution in [0.5, 0.6) is 0 Å². The Morgan fingerprint density at radius 1 is 0.650 bits per heavy atom. The lowest BCUT2D eigenvalue weighted by atomic mass is 9.97. The van der Waals surface area contributed by atoms with Crippen molar-refractivity contribution in [3.05, 3.63) is 0 Å². The first-order chi connectivity index (χ1) is 8.58. The van der Waals surface area contributed by atoms with Gasteiger partial charge in [0.05, 0.1) is 22.2 Å². The monoisotopic (exact) mass is 302 g/mol. The summed E-state index contributed by atoms with van der Waals surface area (Å²) in [4.78, 5) is 3.58. The summed E-state index contributed by atoms with van der Waals surface area (Å²) in [5.74, 6) is 0. The molecular formula is C15H38N4Si. The lowest BCUT2D eigenvalue weighted by Crippen LogP contribution is -2.76. The maximum Gasteiger partial charge on any atom is 0.0895 e. The molecule has 0 fully saturated rings. The quantitative estimate of drug-likeness (QED) is 0.453. The summed E-state index contributed by atoms with van der Waals surface area (Å²) < 4.78 is 0. The third kappa shape index (κ3) is 8.37. The minimum Gasteiger partial charge on any atom is -0.327 e. The fraction of sp³-hybridized carbons (Fsp3) is 1.00. The first-order valence-electron chi connectivity index (χ1n) is 7.62. The minimum atomic E-state index is -0.203. The van der Waals surface area contributed by atoms with Gasteiger partial charge < -0.3 is 4.98 Å². The average molecular weight is 303 g/mol. The van der Waals surface area contributed by atoms with E-state index in [4.69, 9.17) is 0 Å². The Morgan fingerprint density at radius 2 is 1.00 bits per heavy atom. The summed E-state index contributed by atoms with van der Waals surface area (Å²) in [7, 11) is 0.928. The van der Waals surface area contributed by atoms with Crippen LogP contribution in [0, 0.1) is 0 Å². The molecule has 0 aliphatic rings. The van der Waals surface area contributed by atoms with Gasteiger partial charge in [0.15, 0.2) is 0 Å². The molecule has 0 spiro atoms. The SMILES string of the molecule is CC(C)(C)NC(NC(C)(C)C)C(C)(N[SiH3])NC(C)(C)C. The van der Waals surface area contributed by atoms with Crippen molar-refractivity contribution in [2.45, 2.75) is 97.7 Å². The van der Waals surface area contributed by atoms with Crippen LogP contribution in [-0.4, -0.2) is 38.8 Å². The van der Waals surface area contributed by atoms with E-state index in [1.807, 2.05) is 0 Å². The van der Waals surface area contributed by atoms with Gasteiger partial charge in [-0.3, -0.25) is 16.0 Å². The van der Waals surface area contributed by atoms with Crippen LogP contribution in [0.1, 0.15) is 69.2 Å². The van der Waals surface area contributed by atoms with Gasteiger partial charge in [-0.2, -0.15) is 0 Å². The number of rotatable bonds is 5. The highest BCUT2D eigenvalue weighted by molar-refractivity contribution is 6.04. The highest BCUT2D eigenvalue weighted by Crippen LogP contribution is 2.16. The van der Waals surface area contributed by atoms with Gasteiger partial charge >= 0.3 is 0 Å². The second kappa shape index (κ2) is 6.44. The molecule has 122 valence electrons. The van der Waals surface area contributed by atoms with Crippen LogP contribution in [0.2, 0.25) is 0 Å². The lowest BCUT2D eigenvalue weighted by molar-refractivity contribution is 0.117. The van der Waals surface area contributed by atoms with E-state index in [1.165, 1.54) is 0 Å². The van der Waals surface area contributed by atoms with Crippen LogP contribution >= 0.6 is 0 Å². The standard InChI is InChI=1S/C15H38N4Si/c1-12(2,3)16-11(17-13(4,5)6)15(10,19-20)18-14(7,8)9/h11,16-19H,1-10,20H3. The summed E-state index contributed by atoms with van der Waals surface area (Å²) in [6, 6.07) is 0. The highest BCUT2D eigenvalue weighted by atomic mass is 28.2. The Labute approximate surface area is 129 Å². The maximum absolute atomic E-state index is 3.73. The molecule has 4 N–H and O–H groups in total. The molecule has 0 aliphatic heterocycles. The molecule has 20 heavy (non-hydrogen) atoms. The van der Waals surface area contributed by atoms with Crippen molar-refractivity contribution in [3.8, 4) is 0 Å². The molecule has 0 aliphatic carbocycles. The second-order valence-electron chi connectivity index (χ2n) is 9.05. The van der Waals surface area contributed by atoms with Crippen molar-refractivity contribution in [1.29, 1.82) is 0 Å². The second-order valence-corrected chi connectivity index (χ2v) is 9.55. The van der Waals surface area contributed by atoms with E-state index in [-0.39, 0.29) is 28.4 Å². The van der Waals surface area contributed by atoms with Crippen molar-refractivity contribution >= 4 is 10.4 Å². The largest absolute Gasteiger partial charge is 0.327 e. The number of hydrogen-bond donors (Lipinski definition) is 4. The Bertz CT molecular complexity index is 282. The van der Waals surface area contributed by atoms with Crippen molar-refractivity contribution in [2.24, 2.45) is 0 Å². The summed E-state index contributed by atoms with van der Waals surface area (Å²) in [6.45, 7) is 22.1. The van der Waals surface area contributed by atoms with Gasteiger partial charge in [-0.15, -0.1) is 0 Å². The first kappa shape index (κ1) is 20.1. The molecule has 4 nitrogen and oxygen atoms in total. The Balaban J connectivity index is 5.33. The molecule has 1 atom stereocenters. The van der Waals surface area contributed by atoms with E-state index in [9.17, 15) is 0 Å². The molecule has 0 aromatic rings. The van der Waals surface area contributed by atoms with Gasteiger partial charge in [-0.05, 0) is 69.2 Å². The molecule has 0 aromatic heterocycles. The molecule has 0 heterocycles. The van der Waals surface area contributed by atoms with Crippen molar-refractivity contribution in [1.82, 2.24) is 20.9 Å². The van der Waals surface area contributed by atoms with Gasteiger partial charge in [0.2, 0.25) is 0 Å². The Morgan fingerprint density at radius 3 is 1.20 bits per heavy atom. The van der Waals surface area contributed by atoms with Crippen LogP contribution in [0.15, 0.2) is 0 Å². The molecule has 0 saturated heterocycles. The fourth-order valence-corrected chi connectivity index (χ4v) is 2.66. The molecule has 5 heteroatoms. The predicted octanol–water partition coefficient (Wildman–Crippen LogP) is 1.06. The normalized spacial score (nSPS) is 17.6. The zero-order valence-corrected chi connectivity index (χ0v) is 17.6. The van der Waals surface area contributed by atoms with E-state index in [2.05, 4.69) is 90.2 Å². The van der Waals surface area contributed by atoms with Crippen LogP contribution in [0.25, 0.3) is 0 Å². The van der Waals surface area contributed by atoms with Crippen molar-refractivity contribution in [2.75, 3.05) is 0 Å². The first-order valence-corrected chi connectivity index (χ1v) is 8.62. The van der Waals surface area contributed by atoms with Gasteiger partial charge in [-0.25, -0.2) is 0 Å². The third-order valence-corrected chi connectivity index (χ3v) is 3.92. The van der Waals surface area contributed by atoms with Crippen LogP contribution in [0.4, 0.5) is 0 Å². The Hall–Kier alpha value is 0.0569. The zero-order valence-electron chi connectivity index (χ0n) is 15.6. The summed E-state index contributed by atoms with van der Waals surface area (Å²) in [5.41, 5.74) is -0.0706. The molecule has 0 radical (unpaired) electrons. The minimum absolute atomic E-state index is 0.0438. The maximum atomic E-state index is 3.73. The molecule has 0 saturated carbocycles. The number of hydrogen-bond acceptors (Lipinski definition) is 4. The summed E-state index contributed by atoms with van der Waals surface area (Å²) >= 11 is 0. The predicted molar refractivity (Wildman–Crippen MR) is 93.9 cm³/mol. The van der Waals surface area contributed by atoms with Gasteiger partial charge in [-0.1, -0.05) is 0 Å². The van der Waals surface area contributed by atoms with Crippen molar-refractivity contribution in [3.63, 3.8) is 0 Å². The van der Waals surface area contributed by atoms with Crippen LogP contribution in [0.3, 0.4) is 0 Å². The molecular weight excluding hydrogens is 264 g/mol. The van der Waals surface area contributed by atoms with E-state index in [0.29, 0.717) is 0 Å². The Kier molecular flexibility index (Phi) is 6.46. The van der Waals surface area contributed by atoms with Crippen LogP contribution < -0.4 is 20.9 Å². The smallest absolute Gasteiger partial charge is 0.0895 e. The van der Waals surface area contributed by atoms with E-state index in [1.54, 1.807) is 0 Å². The number of nitrogens with one attached hydrogen (secondary N) is 4. The topological polar surface area (TPSA) is 48.1 Å². The third-order valence-electron chi connectivity index (χ3n) is 2.89. The summed E-state index contributed by atoms with van der Waals surface area (Å²) in [5, 5.41) is 11.2. The highest BCUT2D eigenvalue weighted by Gasteiger charge is 2.38. The van der Waals surface area contributed by atoms with Crippen LogP contribution in [-0.2, 0) is 0 Å². The lowest BCUT2D eigenvalue weighted by Gasteiger charge is -2.48. The summed E-state index contributed by atoms with van der Waals surface area (Å²) in [6.07, 6.45) is 0.124. The average Bonchev–Trinajstić information content (AvgIpc) is 2.09. The molecule has 0 bridgehead atoms. The van der Waals surface area contributed by atoms with Gasteiger partial charge in [0, 0.05) is 16.6 Å². The van der Waals surface area contributed by atoms with Crippen molar-refractivity contribution < 1.29 is 0 Å². The van der Waals surface area contributed by atoms with Gasteiger partial charge in [0.1, 0.15) is 0 Å². The van der Waals surface area contributed by atoms with E-state index in [0.717, 1.165) is 10.4 Å². The molecule has 1 unspecified atom stereocenters. The van der Waals surface area contributed by atoms with E-state index < -0.39 is 0 Å². The molecule has 0 rings (SSSR count).